The van der Waals surface area contributed by atoms with Gasteiger partial charge in [-0.25, -0.2) is 0 Å². The van der Waals surface area contributed by atoms with Crippen LogP contribution in [0.1, 0.15) is 19.8 Å². The number of amides is 1. The number of carbonyl (C=O) groups is 1. The first-order valence-electron chi connectivity index (χ1n) is 6.60. The van der Waals surface area contributed by atoms with Gasteiger partial charge in [-0.15, -0.1) is 13.2 Å². The average Bonchev–Trinajstić information content (AvgIpc) is 2.38. The van der Waals surface area contributed by atoms with Crippen LogP contribution in [-0.2, 0) is 4.79 Å². The van der Waals surface area contributed by atoms with Crippen molar-refractivity contribution >= 4 is 5.91 Å². The number of nitrogens with zero attached hydrogens (tertiary/aromatic N) is 2. The molecule has 0 aromatic heterocycles. The van der Waals surface area contributed by atoms with Crippen molar-refractivity contribution in [1.29, 1.82) is 0 Å². The van der Waals surface area contributed by atoms with E-state index in [4.69, 9.17) is 5.73 Å². The molecule has 1 fully saturated rings. The Labute approximate surface area is 110 Å². The highest BCUT2D eigenvalue weighted by atomic mass is 16.2. The summed E-state index contributed by atoms with van der Waals surface area (Å²) in [5.41, 5.74) is 5.85. The number of nitrogens with two attached hydrogens (primary N) is 1. The van der Waals surface area contributed by atoms with Crippen molar-refractivity contribution in [3.63, 3.8) is 0 Å². The van der Waals surface area contributed by atoms with Crippen LogP contribution in [0.5, 0.6) is 0 Å². The Kier molecular flexibility index (Phi) is 6.09. The lowest BCUT2D eigenvalue weighted by molar-refractivity contribution is -0.137. The van der Waals surface area contributed by atoms with E-state index in [1.165, 1.54) is 0 Å². The number of carbonyl (C=O) groups excluding carboxylic acids is 1. The molecule has 18 heavy (non-hydrogen) atoms. The molecule has 1 saturated heterocycles. The van der Waals surface area contributed by atoms with Crippen LogP contribution in [0.15, 0.2) is 25.3 Å². The predicted octanol–water partition coefficient (Wildman–Crippen LogP) is 0.999. The third kappa shape index (κ3) is 3.96. The molecule has 0 bridgehead atoms. The van der Waals surface area contributed by atoms with Gasteiger partial charge in [-0.2, -0.15) is 0 Å². The summed E-state index contributed by atoms with van der Waals surface area (Å²) in [5, 5.41) is 0. The SMILES string of the molecule is C=CCN(CC=C)C(C)C(=O)N1CCC(N)CC1. The fraction of sp³-hybridized carbons (Fsp3) is 0.643. The zero-order chi connectivity index (χ0) is 13.5. The van der Waals surface area contributed by atoms with Gasteiger partial charge >= 0.3 is 0 Å². The lowest BCUT2D eigenvalue weighted by Gasteiger charge is -2.35. The number of hydrogen-bond donors (Lipinski definition) is 1. The summed E-state index contributed by atoms with van der Waals surface area (Å²) in [7, 11) is 0. The quantitative estimate of drug-likeness (QED) is 0.717. The Morgan fingerprint density at radius 1 is 1.39 bits per heavy atom. The molecule has 0 aromatic rings. The van der Waals surface area contributed by atoms with E-state index in [2.05, 4.69) is 18.1 Å². The minimum absolute atomic E-state index is 0.129. The molecule has 1 amide bonds. The first-order valence-corrected chi connectivity index (χ1v) is 6.60. The maximum Gasteiger partial charge on any atom is 0.239 e. The maximum atomic E-state index is 12.4. The van der Waals surface area contributed by atoms with Crippen molar-refractivity contribution in [3.05, 3.63) is 25.3 Å². The number of likely N-dealkylation sites (tertiary alicyclic amines) is 1. The van der Waals surface area contributed by atoms with E-state index < -0.39 is 0 Å². The maximum absolute atomic E-state index is 12.4. The number of hydrogen-bond acceptors (Lipinski definition) is 3. The Bertz CT molecular complexity index is 285. The van der Waals surface area contributed by atoms with E-state index >= 15 is 0 Å². The molecular weight excluding hydrogens is 226 g/mol. The number of rotatable bonds is 6. The molecule has 2 N–H and O–H groups in total. The molecule has 1 unspecified atom stereocenters. The lowest BCUT2D eigenvalue weighted by atomic mass is 10.1. The van der Waals surface area contributed by atoms with E-state index in [9.17, 15) is 4.79 Å². The molecule has 0 spiro atoms. The predicted molar refractivity (Wildman–Crippen MR) is 75.2 cm³/mol. The van der Waals surface area contributed by atoms with Gasteiger partial charge in [0.15, 0.2) is 0 Å². The molecule has 102 valence electrons. The van der Waals surface area contributed by atoms with E-state index in [1.54, 1.807) is 0 Å². The molecule has 1 atom stereocenters. The van der Waals surface area contributed by atoms with Gasteiger partial charge in [0.05, 0.1) is 6.04 Å². The van der Waals surface area contributed by atoms with Crippen LogP contribution in [0.3, 0.4) is 0 Å². The summed E-state index contributed by atoms with van der Waals surface area (Å²) in [4.78, 5) is 16.4. The normalized spacial score (nSPS) is 18.7. The molecule has 0 saturated carbocycles. The van der Waals surface area contributed by atoms with Crippen molar-refractivity contribution in [2.75, 3.05) is 26.2 Å². The van der Waals surface area contributed by atoms with E-state index in [0.29, 0.717) is 13.1 Å². The Balaban J connectivity index is 2.57. The van der Waals surface area contributed by atoms with Crippen molar-refractivity contribution in [2.24, 2.45) is 5.73 Å². The van der Waals surface area contributed by atoms with Crippen molar-refractivity contribution in [1.82, 2.24) is 9.80 Å². The molecule has 1 aliphatic rings. The molecule has 0 aromatic carbocycles. The molecule has 0 aliphatic carbocycles. The van der Waals surface area contributed by atoms with Crippen LogP contribution < -0.4 is 5.73 Å². The van der Waals surface area contributed by atoms with Crippen molar-refractivity contribution < 1.29 is 4.79 Å². The fourth-order valence-corrected chi connectivity index (χ4v) is 2.26. The van der Waals surface area contributed by atoms with Crippen LogP contribution in [0.25, 0.3) is 0 Å². The first-order chi connectivity index (χ1) is 8.60. The Morgan fingerprint density at radius 3 is 2.33 bits per heavy atom. The van der Waals surface area contributed by atoms with Crippen molar-refractivity contribution in [2.45, 2.75) is 31.8 Å². The smallest absolute Gasteiger partial charge is 0.239 e. The van der Waals surface area contributed by atoms with Crippen LogP contribution in [0.2, 0.25) is 0 Å². The van der Waals surface area contributed by atoms with Crippen LogP contribution in [0, 0.1) is 0 Å². The minimum Gasteiger partial charge on any atom is -0.341 e. The summed E-state index contributed by atoms with van der Waals surface area (Å²) in [5.74, 6) is 0.186. The van der Waals surface area contributed by atoms with Crippen molar-refractivity contribution in [3.8, 4) is 0 Å². The number of piperidine rings is 1. The average molecular weight is 251 g/mol. The topological polar surface area (TPSA) is 49.6 Å². The van der Waals surface area contributed by atoms with E-state index in [0.717, 1.165) is 25.9 Å². The van der Waals surface area contributed by atoms with Gasteiger partial charge in [-0.3, -0.25) is 9.69 Å². The summed E-state index contributed by atoms with van der Waals surface area (Å²) < 4.78 is 0. The standard InChI is InChI=1S/C14H25N3O/c1-4-8-16(9-5-2)12(3)14(18)17-10-6-13(15)7-11-17/h4-5,12-13H,1-2,6-11,15H2,3H3. The van der Waals surface area contributed by atoms with Gasteiger partial charge in [0.25, 0.3) is 0 Å². The zero-order valence-corrected chi connectivity index (χ0v) is 11.3. The van der Waals surface area contributed by atoms with E-state index in [-0.39, 0.29) is 18.0 Å². The van der Waals surface area contributed by atoms with E-state index in [1.807, 2.05) is 24.0 Å². The highest BCUT2D eigenvalue weighted by Crippen LogP contribution is 2.12. The second-order valence-electron chi connectivity index (χ2n) is 4.87. The largest absolute Gasteiger partial charge is 0.341 e. The molecule has 4 nitrogen and oxygen atoms in total. The van der Waals surface area contributed by atoms with Gasteiger partial charge in [-0.1, -0.05) is 12.2 Å². The van der Waals surface area contributed by atoms with Gasteiger partial charge in [0.1, 0.15) is 0 Å². The molecule has 1 heterocycles. The summed E-state index contributed by atoms with van der Waals surface area (Å²) in [6, 6.07) is 0.122. The van der Waals surface area contributed by atoms with Gasteiger partial charge in [-0.05, 0) is 19.8 Å². The van der Waals surface area contributed by atoms with Crippen LogP contribution in [-0.4, -0.2) is 54.0 Å². The summed E-state index contributed by atoms with van der Waals surface area (Å²) >= 11 is 0. The first kappa shape index (κ1) is 14.9. The van der Waals surface area contributed by atoms with Gasteiger partial charge in [0, 0.05) is 32.2 Å². The minimum atomic E-state index is -0.129. The summed E-state index contributed by atoms with van der Waals surface area (Å²) in [6.07, 6.45) is 5.45. The second-order valence-corrected chi connectivity index (χ2v) is 4.87. The second kappa shape index (κ2) is 7.34. The third-order valence-electron chi connectivity index (χ3n) is 3.48. The molecule has 1 aliphatic heterocycles. The third-order valence-corrected chi connectivity index (χ3v) is 3.48. The van der Waals surface area contributed by atoms with Crippen LogP contribution in [0.4, 0.5) is 0 Å². The Morgan fingerprint density at radius 2 is 1.89 bits per heavy atom. The lowest BCUT2D eigenvalue weighted by Crippen LogP contribution is -2.51. The Hall–Kier alpha value is -1.13. The summed E-state index contributed by atoms with van der Waals surface area (Å²) in [6.45, 7) is 12.4. The molecular formula is C14H25N3O. The monoisotopic (exact) mass is 251 g/mol. The van der Waals surface area contributed by atoms with Crippen LogP contribution >= 0.6 is 0 Å². The van der Waals surface area contributed by atoms with Gasteiger partial charge < -0.3 is 10.6 Å². The molecule has 1 rings (SSSR count). The fourth-order valence-electron chi connectivity index (χ4n) is 2.26. The highest BCUT2D eigenvalue weighted by Gasteiger charge is 2.27. The molecule has 0 radical (unpaired) electrons. The molecule has 4 heteroatoms. The zero-order valence-electron chi connectivity index (χ0n) is 11.3. The highest BCUT2D eigenvalue weighted by molar-refractivity contribution is 5.81. The van der Waals surface area contributed by atoms with Gasteiger partial charge in [0.2, 0.25) is 5.91 Å².